The zero-order valence-electron chi connectivity index (χ0n) is 18.9. The third-order valence-corrected chi connectivity index (χ3v) is 7.73. The lowest BCUT2D eigenvalue weighted by atomic mass is 10.1. The summed E-state index contributed by atoms with van der Waals surface area (Å²) in [4.78, 5) is 18.2. The Morgan fingerprint density at radius 3 is 2.40 bits per heavy atom. The molecule has 0 atom stereocenters. The van der Waals surface area contributed by atoms with Gasteiger partial charge in [0.2, 0.25) is 0 Å². The highest BCUT2D eigenvalue weighted by molar-refractivity contribution is 7.86. The molecule has 0 aliphatic carbocycles. The molecule has 1 aromatic heterocycles. The van der Waals surface area contributed by atoms with Crippen LogP contribution in [-0.4, -0.2) is 23.9 Å². The summed E-state index contributed by atoms with van der Waals surface area (Å²) in [5.74, 6) is -0.622. The molecule has 9 heteroatoms. The summed E-state index contributed by atoms with van der Waals surface area (Å²) in [7, 11) is -4.52. The molecule has 1 heterocycles. The Hall–Kier alpha value is -3.04. The van der Waals surface area contributed by atoms with E-state index in [1.54, 1.807) is 23.5 Å². The number of hydrogen-bond donors (Lipinski definition) is 2. The maximum atomic E-state index is 12.6. The summed E-state index contributed by atoms with van der Waals surface area (Å²) in [5, 5.41) is 4.26. The van der Waals surface area contributed by atoms with E-state index in [9.17, 15) is 17.8 Å². The van der Waals surface area contributed by atoms with E-state index in [1.165, 1.54) is 29.1 Å². The van der Waals surface area contributed by atoms with Crippen LogP contribution in [0.2, 0.25) is 5.02 Å². The number of carbonyl (C=O) groups is 1. The number of aryl methyl sites for hydroxylation is 1. The lowest BCUT2D eigenvalue weighted by molar-refractivity contribution is 0.102. The number of halogens is 1. The van der Waals surface area contributed by atoms with Gasteiger partial charge >= 0.3 is 0 Å². The largest absolute Gasteiger partial charge is 0.322 e. The zero-order chi connectivity index (χ0) is 25.0. The van der Waals surface area contributed by atoms with Gasteiger partial charge in [-0.05, 0) is 42.3 Å². The van der Waals surface area contributed by atoms with Crippen molar-refractivity contribution in [3.8, 4) is 10.6 Å². The first kappa shape index (κ1) is 25.1. The monoisotopic (exact) mass is 526 g/mol. The van der Waals surface area contributed by atoms with E-state index in [1.807, 2.05) is 36.4 Å². The van der Waals surface area contributed by atoms with Gasteiger partial charge < -0.3 is 5.32 Å². The molecule has 0 radical (unpaired) electrons. The smallest absolute Gasteiger partial charge is 0.295 e. The number of rotatable bonds is 8. The van der Waals surface area contributed by atoms with Gasteiger partial charge in [0.1, 0.15) is 9.90 Å². The summed E-state index contributed by atoms with van der Waals surface area (Å²) in [6.45, 7) is 2.12. The number of nitrogens with one attached hydrogen (secondary N) is 1. The number of carbonyl (C=O) groups excluding carboxylic acids is 1. The first-order valence-corrected chi connectivity index (χ1v) is 13.6. The molecule has 4 aromatic rings. The van der Waals surface area contributed by atoms with Gasteiger partial charge in [0.05, 0.1) is 16.3 Å². The van der Waals surface area contributed by atoms with Crippen molar-refractivity contribution in [3.63, 3.8) is 0 Å². The van der Waals surface area contributed by atoms with Gasteiger partial charge in [0.25, 0.3) is 16.0 Å². The van der Waals surface area contributed by atoms with Gasteiger partial charge in [-0.2, -0.15) is 8.42 Å². The first-order chi connectivity index (χ1) is 16.8. The normalized spacial score (nSPS) is 11.4. The molecule has 0 bridgehead atoms. The molecule has 0 aliphatic heterocycles. The number of hydrogen-bond acceptors (Lipinski definition) is 5. The van der Waals surface area contributed by atoms with Crippen molar-refractivity contribution in [2.75, 3.05) is 5.32 Å². The predicted octanol–water partition coefficient (Wildman–Crippen LogP) is 6.51. The molecule has 0 unspecified atom stereocenters. The summed E-state index contributed by atoms with van der Waals surface area (Å²) >= 11 is 8.01. The van der Waals surface area contributed by atoms with E-state index < -0.39 is 20.9 Å². The summed E-state index contributed by atoms with van der Waals surface area (Å²) in [5.41, 5.74) is 3.42. The average molecular weight is 527 g/mol. The Bertz CT molecular complexity index is 1460. The standard InChI is InChI=1S/C26H23ClN2O4S2/c1-2-7-22-23(34-26(29-22)19-8-3-5-10-21(19)27)16-17-12-14-18(15-13-17)28-25(30)20-9-4-6-11-24(20)35(31,32)33/h3-6,8-15H,2,7,16H2,1H3,(H,28,30)(H,31,32,33). The van der Waals surface area contributed by atoms with Crippen LogP contribution in [-0.2, 0) is 23.0 Å². The first-order valence-electron chi connectivity index (χ1n) is 11.0. The second-order valence-corrected chi connectivity index (χ2v) is 10.8. The number of nitrogens with zero attached hydrogens (tertiary/aromatic N) is 1. The minimum absolute atomic E-state index is 0.125. The Kier molecular flexibility index (Phi) is 7.66. The highest BCUT2D eigenvalue weighted by Gasteiger charge is 2.20. The van der Waals surface area contributed by atoms with Crippen molar-refractivity contribution in [1.82, 2.24) is 4.98 Å². The molecule has 0 fully saturated rings. The molecule has 6 nitrogen and oxygen atoms in total. The Labute approximate surface area is 213 Å². The third-order valence-electron chi connectivity index (χ3n) is 5.36. The van der Waals surface area contributed by atoms with Crippen molar-refractivity contribution in [2.24, 2.45) is 0 Å². The van der Waals surface area contributed by atoms with Crippen molar-refractivity contribution in [3.05, 3.63) is 99.5 Å². The molecule has 0 spiro atoms. The molecule has 180 valence electrons. The van der Waals surface area contributed by atoms with Crippen molar-refractivity contribution < 1.29 is 17.8 Å². The van der Waals surface area contributed by atoms with E-state index in [0.717, 1.165) is 34.7 Å². The molecule has 0 aliphatic rings. The topological polar surface area (TPSA) is 96.4 Å². The van der Waals surface area contributed by atoms with Gasteiger partial charge in [-0.25, -0.2) is 4.98 Å². The summed E-state index contributed by atoms with van der Waals surface area (Å²) < 4.78 is 32.5. The fourth-order valence-corrected chi connectivity index (χ4v) is 5.82. The number of anilines is 1. The van der Waals surface area contributed by atoms with Crippen LogP contribution in [0, 0.1) is 0 Å². The van der Waals surface area contributed by atoms with Crippen LogP contribution < -0.4 is 5.32 Å². The van der Waals surface area contributed by atoms with Crippen LogP contribution in [0.15, 0.2) is 77.7 Å². The lowest BCUT2D eigenvalue weighted by Crippen LogP contribution is -2.16. The molecular formula is C26H23ClN2O4S2. The molecule has 3 aromatic carbocycles. The van der Waals surface area contributed by atoms with E-state index in [-0.39, 0.29) is 5.56 Å². The summed E-state index contributed by atoms with van der Waals surface area (Å²) in [6, 6.07) is 20.5. The van der Waals surface area contributed by atoms with E-state index in [0.29, 0.717) is 17.1 Å². The zero-order valence-corrected chi connectivity index (χ0v) is 21.3. The Morgan fingerprint density at radius 2 is 1.71 bits per heavy atom. The van der Waals surface area contributed by atoms with Crippen LogP contribution in [0.25, 0.3) is 10.6 Å². The average Bonchev–Trinajstić information content (AvgIpc) is 3.22. The van der Waals surface area contributed by atoms with E-state index in [2.05, 4.69) is 12.2 Å². The fraction of sp³-hybridized carbons (Fsp3) is 0.154. The molecule has 0 saturated carbocycles. The van der Waals surface area contributed by atoms with Gasteiger partial charge in [0.15, 0.2) is 0 Å². The van der Waals surface area contributed by atoms with Gasteiger partial charge in [-0.3, -0.25) is 9.35 Å². The molecule has 35 heavy (non-hydrogen) atoms. The van der Waals surface area contributed by atoms with Gasteiger partial charge in [-0.15, -0.1) is 11.3 Å². The summed E-state index contributed by atoms with van der Waals surface area (Å²) in [6.07, 6.45) is 2.55. The maximum absolute atomic E-state index is 12.6. The number of amides is 1. The van der Waals surface area contributed by atoms with Crippen LogP contribution >= 0.6 is 22.9 Å². The van der Waals surface area contributed by atoms with Crippen LogP contribution in [0.5, 0.6) is 0 Å². The molecule has 0 saturated heterocycles. The van der Waals surface area contributed by atoms with Gasteiger partial charge in [-0.1, -0.05) is 67.4 Å². The second-order valence-electron chi connectivity index (χ2n) is 7.92. The molecule has 1 amide bonds. The van der Waals surface area contributed by atoms with Crippen LogP contribution in [0.1, 0.15) is 39.8 Å². The minimum atomic E-state index is -4.52. The molecule has 2 N–H and O–H groups in total. The van der Waals surface area contributed by atoms with Crippen LogP contribution in [0.3, 0.4) is 0 Å². The van der Waals surface area contributed by atoms with Crippen molar-refractivity contribution >= 4 is 44.7 Å². The molecule has 4 rings (SSSR count). The van der Waals surface area contributed by atoms with Crippen LogP contribution in [0.4, 0.5) is 5.69 Å². The fourth-order valence-electron chi connectivity index (χ4n) is 3.67. The Balaban J connectivity index is 1.53. The number of benzene rings is 3. The predicted molar refractivity (Wildman–Crippen MR) is 140 cm³/mol. The van der Waals surface area contributed by atoms with Gasteiger partial charge in [0, 0.05) is 22.5 Å². The number of thiazole rings is 1. The maximum Gasteiger partial charge on any atom is 0.295 e. The lowest BCUT2D eigenvalue weighted by Gasteiger charge is -2.09. The van der Waals surface area contributed by atoms with E-state index in [4.69, 9.17) is 16.6 Å². The van der Waals surface area contributed by atoms with Crippen molar-refractivity contribution in [2.45, 2.75) is 31.1 Å². The van der Waals surface area contributed by atoms with E-state index >= 15 is 0 Å². The highest BCUT2D eigenvalue weighted by Crippen LogP contribution is 2.34. The third kappa shape index (κ3) is 5.97. The molecular weight excluding hydrogens is 504 g/mol. The highest BCUT2D eigenvalue weighted by atomic mass is 35.5. The minimum Gasteiger partial charge on any atom is -0.322 e. The quantitative estimate of drug-likeness (QED) is 0.255. The SMILES string of the molecule is CCCc1nc(-c2ccccc2Cl)sc1Cc1ccc(NC(=O)c2ccccc2S(=O)(=O)O)cc1. The van der Waals surface area contributed by atoms with Crippen molar-refractivity contribution in [1.29, 1.82) is 0 Å². The number of aromatic nitrogens is 1. The second kappa shape index (κ2) is 10.7. The Morgan fingerprint density at radius 1 is 1.03 bits per heavy atom.